The summed E-state index contributed by atoms with van der Waals surface area (Å²) in [6.07, 6.45) is 0. The van der Waals surface area contributed by atoms with E-state index in [1.165, 1.54) is 0 Å². The Morgan fingerprint density at radius 1 is 1.41 bits per heavy atom. The van der Waals surface area contributed by atoms with Gasteiger partial charge < -0.3 is 10.4 Å². The number of thioether (sulfide) groups is 1. The molecule has 0 saturated heterocycles. The summed E-state index contributed by atoms with van der Waals surface area (Å²) in [5, 5.41) is 13.6. The summed E-state index contributed by atoms with van der Waals surface area (Å²) >= 11 is 7.76. The molecule has 0 fully saturated rings. The Labute approximate surface area is 113 Å². The second-order valence-electron chi connectivity index (χ2n) is 4.74. The van der Waals surface area contributed by atoms with Crippen molar-refractivity contribution >= 4 is 23.4 Å². The fourth-order valence-corrected chi connectivity index (χ4v) is 2.96. The molecule has 0 heterocycles. The van der Waals surface area contributed by atoms with Crippen LogP contribution in [0.2, 0.25) is 5.02 Å². The molecule has 0 aromatic heterocycles. The van der Waals surface area contributed by atoms with E-state index in [-0.39, 0.29) is 12.1 Å². The van der Waals surface area contributed by atoms with Crippen LogP contribution in [0.4, 0.5) is 0 Å². The number of nitrogens with one attached hydrogen (secondary N) is 1. The summed E-state index contributed by atoms with van der Waals surface area (Å²) in [5.41, 5.74) is -0.280. The third kappa shape index (κ3) is 4.88. The van der Waals surface area contributed by atoms with Gasteiger partial charge in [-0.3, -0.25) is 0 Å². The van der Waals surface area contributed by atoms with Crippen molar-refractivity contribution < 1.29 is 5.11 Å². The minimum atomic E-state index is -0.280. The molecule has 96 valence electrons. The molecule has 0 aliphatic heterocycles. The topological polar surface area (TPSA) is 32.3 Å². The first kappa shape index (κ1) is 14.8. The number of hydrogen-bond acceptors (Lipinski definition) is 3. The Kier molecular flexibility index (Phi) is 5.80. The maximum Gasteiger partial charge on any atom is 0.0618 e. The van der Waals surface area contributed by atoms with Gasteiger partial charge in [0.1, 0.15) is 0 Å². The van der Waals surface area contributed by atoms with Crippen molar-refractivity contribution in [2.24, 2.45) is 0 Å². The van der Waals surface area contributed by atoms with E-state index in [4.69, 9.17) is 11.6 Å². The smallest absolute Gasteiger partial charge is 0.0618 e. The van der Waals surface area contributed by atoms with Gasteiger partial charge in [0.05, 0.1) is 11.6 Å². The molecule has 0 bridgehead atoms. The summed E-state index contributed by atoms with van der Waals surface area (Å²) in [6.45, 7) is 6.29. The van der Waals surface area contributed by atoms with E-state index in [0.717, 1.165) is 15.7 Å². The highest BCUT2D eigenvalue weighted by molar-refractivity contribution is 7.99. The monoisotopic (exact) mass is 273 g/mol. The van der Waals surface area contributed by atoms with Crippen LogP contribution in [0, 0.1) is 0 Å². The molecule has 0 amide bonds. The molecule has 2 N–H and O–H groups in total. The van der Waals surface area contributed by atoms with Crippen molar-refractivity contribution in [3.8, 4) is 0 Å². The quantitative estimate of drug-likeness (QED) is 0.781. The van der Waals surface area contributed by atoms with E-state index >= 15 is 0 Å². The fraction of sp³-hybridized carbons (Fsp3) is 0.538. The SMILES string of the molecule is CC(C)NC(C)(CO)CSc1ccccc1Cl. The second kappa shape index (κ2) is 6.64. The van der Waals surface area contributed by atoms with E-state index in [1.54, 1.807) is 11.8 Å². The third-order valence-electron chi connectivity index (χ3n) is 2.37. The summed E-state index contributed by atoms with van der Waals surface area (Å²) in [4.78, 5) is 1.05. The number of halogens is 1. The molecule has 1 atom stereocenters. The maximum absolute atomic E-state index is 9.47. The zero-order valence-corrected chi connectivity index (χ0v) is 12.1. The minimum absolute atomic E-state index is 0.114. The summed E-state index contributed by atoms with van der Waals surface area (Å²) in [7, 11) is 0. The molecule has 0 aliphatic carbocycles. The van der Waals surface area contributed by atoms with Crippen LogP contribution < -0.4 is 5.32 Å². The maximum atomic E-state index is 9.47. The van der Waals surface area contributed by atoms with Crippen LogP contribution in [0.5, 0.6) is 0 Å². The lowest BCUT2D eigenvalue weighted by atomic mass is 10.1. The first-order valence-electron chi connectivity index (χ1n) is 5.73. The predicted octanol–water partition coefficient (Wildman–Crippen LogP) is 3.18. The van der Waals surface area contributed by atoms with E-state index in [0.29, 0.717) is 6.04 Å². The van der Waals surface area contributed by atoms with E-state index in [1.807, 2.05) is 31.2 Å². The van der Waals surface area contributed by atoms with Crippen molar-refractivity contribution in [3.63, 3.8) is 0 Å². The molecule has 0 saturated carbocycles. The molecule has 0 radical (unpaired) electrons. The molecule has 1 aromatic carbocycles. The van der Waals surface area contributed by atoms with Crippen LogP contribution in [0.1, 0.15) is 20.8 Å². The lowest BCUT2D eigenvalue weighted by Gasteiger charge is -2.30. The highest BCUT2D eigenvalue weighted by Gasteiger charge is 2.24. The van der Waals surface area contributed by atoms with Crippen LogP contribution >= 0.6 is 23.4 Å². The van der Waals surface area contributed by atoms with Crippen molar-refractivity contribution in [1.29, 1.82) is 0 Å². The Morgan fingerprint density at radius 2 is 2.06 bits per heavy atom. The largest absolute Gasteiger partial charge is 0.394 e. The summed E-state index contributed by atoms with van der Waals surface area (Å²) < 4.78 is 0. The van der Waals surface area contributed by atoms with Crippen LogP contribution in [0.25, 0.3) is 0 Å². The van der Waals surface area contributed by atoms with Crippen LogP contribution in [0.15, 0.2) is 29.2 Å². The Hall–Kier alpha value is -0.220. The average Bonchev–Trinajstić information content (AvgIpc) is 2.27. The normalized spacial score (nSPS) is 14.9. The van der Waals surface area contributed by atoms with Crippen molar-refractivity contribution in [2.75, 3.05) is 12.4 Å². The van der Waals surface area contributed by atoms with Gasteiger partial charge in [-0.25, -0.2) is 0 Å². The van der Waals surface area contributed by atoms with Crippen molar-refractivity contribution in [2.45, 2.75) is 37.2 Å². The first-order valence-corrected chi connectivity index (χ1v) is 7.09. The molecule has 0 aliphatic rings. The fourth-order valence-electron chi connectivity index (χ4n) is 1.63. The standard InChI is InChI=1S/C13H20ClNOS/c1-10(2)15-13(3,8-16)9-17-12-7-5-4-6-11(12)14/h4-7,10,15-16H,8-9H2,1-3H3. The molecule has 1 aromatic rings. The Bertz CT molecular complexity index is 359. The average molecular weight is 274 g/mol. The molecule has 1 rings (SSSR count). The highest BCUT2D eigenvalue weighted by Crippen LogP contribution is 2.29. The van der Waals surface area contributed by atoms with E-state index < -0.39 is 0 Å². The van der Waals surface area contributed by atoms with E-state index in [2.05, 4.69) is 19.2 Å². The second-order valence-corrected chi connectivity index (χ2v) is 6.16. The lowest BCUT2D eigenvalue weighted by molar-refractivity contribution is 0.183. The zero-order valence-electron chi connectivity index (χ0n) is 10.5. The molecule has 4 heteroatoms. The van der Waals surface area contributed by atoms with Crippen LogP contribution in [-0.4, -0.2) is 29.0 Å². The van der Waals surface area contributed by atoms with Gasteiger partial charge in [-0.1, -0.05) is 37.6 Å². The first-order chi connectivity index (χ1) is 7.97. The number of benzene rings is 1. The Morgan fingerprint density at radius 3 is 2.59 bits per heavy atom. The predicted molar refractivity (Wildman–Crippen MR) is 75.9 cm³/mol. The molecule has 1 unspecified atom stereocenters. The lowest BCUT2D eigenvalue weighted by Crippen LogP contribution is -2.51. The van der Waals surface area contributed by atoms with Gasteiger partial charge in [-0.2, -0.15) is 0 Å². The minimum Gasteiger partial charge on any atom is -0.394 e. The number of aliphatic hydroxyl groups excluding tert-OH is 1. The van der Waals surface area contributed by atoms with Gasteiger partial charge in [0, 0.05) is 22.2 Å². The number of hydrogen-bond donors (Lipinski definition) is 2. The van der Waals surface area contributed by atoms with Gasteiger partial charge in [0.25, 0.3) is 0 Å². The van der Waals surface area contributed by atoms with Crippen molar-refractivity contribution in [3.05, 3.63) is 29.3 Å². The summed E-state index contributed by atoms with van der Waals surface area (Å²) in [5.74, 6) is 0.783. The van der Waals surface area contributed by atoms with Crippen LogP contribution in [0.3, 0.4) is 0 Å². The zero-order chi connectivity index (χ0) is 12.9. The van der Waals surface area contributed by atoms with E-state index in [9.17, 15) is 5.11 Å². The molecular weight excluding hydrogens is 254 g/mol. The molecule has 0 spiro atoms. The van der Waals surface area contributed by atoms with Gasteiger partial charge in [0.15, 0.2) is 0 Å². The third-order valence-corrected chi connectivity index (χ3v) is 4.26. The van der Waals surface area contributed by atoms with Crippen molar-refractivity contribution in [1.82, 2.24) is 5.32 Å². The number of aliphatic hydroxyl groups is 1. The van der Waals surface area contributed by atoms with Gasteiger partial charge in [-0.15, -0.1) is 11.8 Å². The molecular formula is C13H20ClNOS. The Balaban J connectivity index is 2.62. The van der Waals surface area contributed by atoms with Gasteiger partial charge in [-0.05, 0) is 19.1 Å². The molecule has 2 nitrogen and oxygen atoms in total. The summed E-state index contributed by atoms with van der Waals surface area (Å²) in [6, 6.07) is 8.12. The highest BCUT2D eigenvalue weighted by atomic mass is 35.5. The van der Waals surface area contributed by atoms with Gasteiger partial charge in [0.2, 0.25) is 0 Å². The van der Waals surface area contributed by atoms with Crippen LogP contribution in [-0.2, 0) is 0 Å². The molecule has 17 heavy (non-hydrogen) atoms. The van der Waals surface area contributed by atoms with Gasteiger partial charge >= 0.3 is 0 Å². The number of rotatable bonds is 6.